The number of benzene rings is 2. The van der Waals surface area contributed by atoms with Gasteiger partial charge in [-0.2, -0.15) is 0 Å². The fourth-order valence-electron chi connectivity index (χ4n) is 3.06. The van der Waals surface area contributed by atoms with Crippen molar-refractivity contribution in [1.29, 1.82) is 0 Å². The minimum absolute atomic E-state index is 0.0715. The van der Waals surface area contributed by atoms with Gasteiger partial charge >= 0.3 is 0 Å². The van der Waals surface area contributed by atoms with Crippen LogP contribution in [0.3, 0.4) is 0 Å². The van der Waals surface area contributed by atoms with Crippen LogP contribution in [0.5, 0.6) is 0 Å². The standard InChI is InChI=1S/C22H27N3O3/c1-17(26)23-14-19-6-8-21(9-7-19)22(27)24-15-18-2-4-20(5-3-18)16-25-10-12-28-13-11-25/h2-9H,10-16H2,1H3,(H,23,26)(H,24,27). The van der Waals surface area contributed by atoms with Crippen molar-refractivity contribution >= 4 is 11.8 Å². The lowest BCUT2D eigenvalue weighted by Crippen LogP contribution is -2.35. The number of rotatable bonds is 7. The van der Waals surface area contributed by atoms with Gasteiger partial charge in [-0.05, 0) is 28.8 Å². The third kappa shape index (κ3) is 6.18. The average Bonchev–Trinajstić information content (AvgIpc) is 2.72. The average molecular weight is 381 g/mol. The van der Waals surface area contributed by atoms with Crippen molar-refractivity contribution in [1.82, 2.24) is 15.5 Å². The van der Waals surface area contributed by atoms with E-state index >= 15 is 0 Å². The van der Waals surface area contributed by atoms with Crippen LogP contribution in [0, 0.1) is 0 Å². The third-order valence-electron chi connectivity index (χ3n) is 4.74. The summed E-state index contributed by atoms with van der Waals surface area (Å²) < 4.78 is 5.38. The molecular weight excluding hydrogens is 354 g/mol. The Hall–Kier alpha value is -2.70. The molecule has 2 amide bonds. The lowest BCUT2D eigenvalue weighted by Gasteiger charge is -2.26. The van der Waals surface area contributed by atoms with Crippen LogP contribution in [0.25, 0.3) is 0 Å². The molecule has 0 spiro atoms. The van der Waals surface area contributed by atoms with Gasteiger partial charge < -0.3 is 15.4 Å². The molecule has 0 radical (unpaired) electrons. The van der Waals surface area contributed by atoms with Crippen molar-refractivity contribution in [2.45, 2.75) is 26.6 Å². The Labute approximate surface area is 165 Å². The predicted octanol–water partition coefficient (Wildman–Crippen LogP) is 2.08. The molecule has 0 atom stereocenters. The van der Waals surface area contributed by atoms with Crippen LogP contribution in [-0.4, -0.2) is 43.0 Å². The third-order valence-corrected chi connectivity index (χ3v) is 4.74. The van der Waals surface area contributed by atoms with Gasteiger partial charge in [0.25, 0.3) is 5.91 Å². The molecule has 0 unspecified atom stereocenters. The number of ether oxygens (including phenoxy) is 1. The maximum Gasteiger partial charge on any atom is 0.251 e. The molecule has 6 heteroatoms. The number of morpholine rings is 1. The maximum absolute atomic E-state index is 12.3. The first kappa shape index (κ1) is 20.0. The van der Waals surface area contributed by atoms with E-state index in [0.29, 0.717) is 18.7 Å². The van der Waals surface area contributed by atoms with Crippen molar-refractivity contribution in [2.24, 2.45) is 0 Å². The molecule has 1 aliphatic rings. The second-order valence-corrected chi connectivity index (χ2v) is 6.99. The van der Waals surface area contributed by atoms with Gasteiger partial charge in [-0.15, -0.1) is 0 Å². The highest BCUT2D eigenvalue weighted by Crippen LogP contribution is 2.10. The molecule has 28 heavy (non-hydrogen) atoms. The second-order valence-electron chi connectivity index (χ2n) is 6.99. The van der Waals surface area contributed by atoms with E-state index in [9.17, 15) is 9.59 Å². The monoisotopic (exact) mass is 381 g/mol. The van der Waals surface area contributed by atoms with E-state index in [1.807, 2.05) is 12.1 Å². The van der Waals surface area contributed by atoms with Gasteiger partial charge in [0.15, 0.2) is 0 Å². The van der Waals surface area contributed by atoms with E-state index in [0.717, 1.165) is 44.0 Å². The molecule has 0 bridgehead atoms. The molecule has 0 aliphatic carbocycles. The van der Waals surface area contributed by atoms with Crippen molar-refractivity contribution in [3.63, 3.8) is 0 Å². The highest BCUT2D eigenvalue weighted by atomic mass is 16.5. The summed E-state index contributed by atoms with van der Waals surface area (Å²) in [4.78, 5) is 25.7. The quantitative estimate of drug-likeness (QED) is 0.770. The molecule has 1 heterocycles. The maximum atomic E-state index is 12.3. The number of hydrogen-bond donors (Lipinski definition) is 2. The molecule has 2 aromatic carbocycles. The minimum Gasteiger partial charge on any atom is -0.379 e. The SMILES string of the molecule is CC(=O)NCc1ccc(C(=O)NCc2ccc(CN3CCOCC3)cc2)cc1. The first-order chi connectivity index (χ1) is 13.6. The van der Waals surface area contributed by atoms with Crippen LogP contribution in [0.4, 0.5) is 0 Å². The van der Waals surface area contributed by atoms with Crippen LogP contribution < -0.4 is 10.6 Å². The van der Waals surface area contributed by atoms with Gasteiger partial charge in [0.1, 0.15) is 0 Å². The van der Waals surface area contributed by atoms with Gasteiger partial charge in [0, 0.05) is 45.2 Å². The number of amides is 2. The summed E-state index contributed by atoms with van der Waals surface area (Å²) in [6.45, 7) is 6.93. The van der Waals surface area contributed by atoms with Crippen molar-refractivity contribution in [2.75, 3.05) is 26.3 Å². The number of carbonyl (C=O) groups is 2. The molecule has 2 N–H and O–H groups in total. The molecule has 148 valence electrons. The Bertz CT molecular complexity index is 782. The Morgan fingerprint density at radius 2 is 1.39 bits per heavy atom. The van der Waals surface area contributed by atoms with Crippen LogP contribution in [0.2, 0.25) is 0 Å². The Morgan fingerprint density at radius 1 is 0.857 bits per heavy atom. The smallest absolute Gasteiger partial charge is 0.251 e. The normalized spacial score (nSPS) is 14.5. The predicted molar refractivity (Wildman–Crippen MR) is 108 cm³/mol. The summed E-state index contributed by atoms with van der Waals surface area (Å²) in [5, 5.41) is 5.69. The van der Waals surface area contributed by atoms with Gasteiger partial charge in [0.2, 0.25) is 5.91 Å². The molecule has 1 aliphatic heterocycles. The first-order valence-electron chi connectivity index (χ1n) is 9.59. The van der Waals surface area contributed by atoms with Crippen LogP contribution in [0.15, 0.2) is 48.5 Å². The van der Waals surface area contributed by atoms with E-state index in [1.54, 1.807) is 12.1 Å². The van der Waals surface area contributed by atoms with Crippen LogP contribution in [0.1, 0.15) is 34.0 Å². The van der Waals surface area contributed by atoms with E-state index in [4.69, 9.17) is 4.74 Å². The number of nitrogens with zero attached hydrogens (tertiary/aromatic N) is 1. The fourth-order valence-corrected chi connectivity index (χ4v) is 3.06. The molecule has 1 fully saturated rings. The molecule has 2 aromatic rings. The molecular formula is C22H27N3O3. The van der Waals surface area contributed by atoms with Crippen LogP contribution >= 0.6 is 0 Å². The van der Waals surface area contributed by atoms with Crippen molar-refractivity contribution in [3.8, 4) is 0 Å². The molecule has 6 nitrogen and oxygen atoms in total. The van der Waals surface area contributed by atoms with E-state index < -0.39 is 0 Å². The Morgan fingerprint density at radius 3 is 2.00 bits per heavy atom. The highest BCUT2D eigenvalue weighted by molar-refractivity contribution is 5.94. The molecule has 0 saturated carbocycles. The van der Waals surface area contributed by atoms with Gasteiger partial charge in [0.05, 0.1) is 13.2 Å². The Balaban J connectivity index is 1.46. The van der Waals surface area contributed by atoms with E-state index in [1.165, 1.54) is 12.5 Å². The summed E-state index contributed by atoms with van der Waals surface area (Å²) in [5.41, 5.74) is 3.91. The molecule has 1 saturated heterocycles. The number of carbonyl (C=O) groups excluding carboxylic acids is 2. The van der Waals surface area contributed by atoms with Crippen LogP contribution in [-0.2, 0) is 29.2 Å². The lowest BCUT2D eigenvalue weighted by atomic mass is 10.1. The topological polar surface area (TPSA) is 70.7 Å². The Kier molecular flexibility index (Phi) is 7.17. The number of hydrogen-bond acceptors (Lipinski definition) is 4. The highest BCUT2D eigenvalue weighted by Gasteiger charge is 2.10. The first-order valence-corrected chi connectivity index (χ1v) is 9.59. The summed E-state index contributed by atoms with van der Waals surface area (Å²) in [7, 11) is 0. The van der Waals surface area contributed by atoms with Crippen molar-refractivity contribution in [3.05, 3.63) is 70.8 Å². The molecule has 0 aromatic heterocycles. The van der Waals surface area contributed by atoms with Gasteiger partial charge in [-0.1, -0.05) is 36.4 Å². The molecule has 3 rings (SSSR count). The summed E-state index contributed by atoms with van der Waals surface area (Å²) in [6.07, 6.45) is 0. The summed E-state index contributed by atoms with van der Waals surface area (Å²) in [5.74, 6) is -0.179. The largest absolute Gasteiger partial charge is 0.379 e. The summed E-state index contributed by atoms with van der Waals surface area (Å²) in [6, 6.07) is 15.6. The van der Waals surface area contributed by atoms with Crippen molar-refractivity contribution < 1.29 is 14.3 Å². The zero-order chi connectivity index (χ0) is 19.8. The lowest BCUT2D eigenvalue weighted by molar-refractivity contribution is -0.119. The second kappa shape index (κ2) is 10.0. The summed E-state index contributed by atoms with van der Waals surface area (Å²) >= 11 is 0. The number of nitrogens with one attached hydrogen (secondary N) is 2. The van der Waals surface area contributed by atoms with Gasteiger partial charge in [-0.3, -0.25) is 14.5 Å². The minimum atomic E-state index is -0.108. The fraction of sp³-hybridized carbons (Fsp3) is 0.364. The van der Waals surface area contributed by atoms with Gasteiger partial charge in [-0.25, -0.2) is 0 Å². The zero-order valence-corrected chi connectivity index (χ0v) is 16.2. The van der Waals surface area contributed by atoms with E-state index in [2.05, 4.69) is 39.8 Å². The zero-order valence-electron chi connectivity index (χ0n) is 16.2. The van der Waals surface area contributed by atoms with E-state index in [-0.39, 0.29) is 11.8 Å².